The number of benzene rings is 1. The lowest BCUT2D eigenvalue weighted by atomic mass is 10.3. The molecule has 1 heterocycles. The van der Waals surface area contributed by atoms with Crippen LogP contribution >= 0.6 is 11.6 Å². The van der Waals surface area contributed by atoms with E-state index in [2.05, 4.69) is 9.97 Å². The fraction of sp³-hybridized carbons (Fsp3) is 0. The number of nitrogens with zero attached hydrogens (tertiary/aromatic N) is 3. The molecule has 9 heteroatoms. The monoisotopic (exact) mass is 284 g/mol. The quantitative estimate of drug-likeness (QED) is 0.527. The molecule has 0 fully saturated rings. The summed E-state index contributed by atoms with van der Waals surface area (Å²) in [6, 6.07) is 3.05. The second kappa shape index (κ2) is 5.02. The molecule has 0 aliphatic heterocycles. The van der Waals surface area contributed by atoms with Crippen LogP contribution in [0.15, 0.2) is 24.5 Å². The summed E-state index contributed by atoms with van der Waals surface area (Å²) in [6.45, 7) is 0. The van der Waals surface area contributed by atoms with Crippen LogP contribution in [0.1, 0.15) is 0 Å². The third kappa shape index (κ3) is 2.68. The van der Waals surface area contributed by atoms with E-state index in [4.69, 9.17) is 22.1 Å². The van der Waals surface area contributed by atoms with Crippen molar-refractivity contribution in [3.05, 3.63) is 45.6 Å². The Labute approximate surface area is 111 Å². The summed E-state index contributed by atoms with van der Waals surface area (Å²) >= 11 is 5.66. The van der Waals surface area contributed by atoms with E-state index in [9.17, 15) is 14.5 Å². The van der Waals surface area contributed by atoms with Crippen LogP contribution in [-0.4, -0.2) is 14.9 Å². The van der Waals surface area contributed by atoms with E-state index < -0.39 is 16.4 Å². The third-order valence-electron chi connectivity index (χ3n) is 2.13. The van der Waals surface area contributed by atoms with Crippen LogP contribution in [0.25, 0.3) is 0 Å². The predicted molar refractivity (Wildman–Crippen MR) is 64.6 cm³/mol. The molecule has 19 heavy (non-hydrogen) atoms. The maximum Gasteiger partial charge on any atom is 0.305 e. The molecule has 2 aromatic rings. The van der Waals surface area contributed by atoms with Crippen LogP contribution in [0.2, 0.25) is 5.15 Å². The predicted octanol–water partition coefficient (Wildman–Crippen LogP) is 2.55. The van der Waals surface area contributed by atoms with Crippen molar-refractivity contribution >= 4 is 23.0 Å². The van der Waals surface area contributed by atoms with Crippen LogP contribution in [0.4, 0.5) is 15.8 Å². The number of nitro benzene ring substituents is 1. The summed E-state index contributed by atoms with van der Waals surface area (Å²) in [5.74, 6) is -1.08. The number of hydrogen-bond acceptors (Lipinski definition) is 6. The molecule has 0 spiro atoms. The standard InChI is InChI=1S/C10H6ClFN4O3/c11-9-8(13)10(15-4-14-9)19-5-1-2-7(16(17)18)6(12)3-5/h1-4H,13H2. The zero-order valence-corrected chi connectivity index (χ0v) is 9.96. The van der Waals surface area contributed by atoms with Gasteiger partial charge in [-0.05, 0) is 6.07 Å². The van der Waals surface area contributed by atoms with Crippen molar-refractivity contribution in [2.45, 2.75) is 0 Å². The smallest absolute Gasteiger partial charge is 0.305 e. The minimum atomic E-state index is -1.03. The number of nitro groups is 1. The van der Waals surface area contributed by atoms with Crippen LogP contribution in [0, 0.1) is 15.9 Å². The van der Waals surface area contributed by atoms with Gasteiger partial charge in [0.2, 0.25) is 11.7 Å². The first-order valence-corrected chi connectivity index (χ1v) is 5.24. The molecule has 7 nitrogen and oxygen atoms in total. The molecule has 1 aromatic heterocycles. The second-order valence-electron chi connectivity index (χ2n) is 3.36. The SMILES string of the molecule is Nc1c(Cl)ncnc1Oc1ccc([N+](=O)[O-])c(F)c1. The van der Waals surface area contributed by atoms with Gasteiger partial charge in [0.05, 0.1) is 4.92 Å². The first-order chi connectivity index (χ1) is 8.99. The topological polar surface area (TPSA) is 104 Å². The zero-order chi connectivity index (χ0) is 14.0. The molecule has 0 amide bonds. The molecule has 0 saturated carbocycles. The summed E-state index contributed by atoms with van der Waals surface area (Å²) in [5, 5.41) is 10.4. The van der Waals surface area contributed by atoms with Crippen molar-refractivity contribution in [3.8, 4) is 11.6 Å². The number of nitrogen functional groups attached to an aromatic ring is 1. The molecule has 98 valence electrons. The number of ether oxygens (including phenoxy) is 1. The van der Waals surface area contributed by atoms with Crippen LogP contribution in [-0.2, 0) is 0 Å². The highest BCUT2D eigenvalue weighted by Crippen LogP contribution is 2.30. The summed E-state index contributed by atoms with van der Waals surface area (Å²) < 4.78 is 18.6. The van der Waals surface area contributed by atoms with Crippen LogP contribution in [0.3, 0.4) is 0 Å². The number of nitrogens with two attached hydrogens (primary N) is 1. The van der Waals surface area contributed by atoms with Crippen molar-refractivity contribution in [3.63, 3.8) is 0 Å². The molecule has 0 bridgehead atoms. The van der Waals surface area contributed by atoms with Gasteiger partial charge < -0.3 is 10.5 Å². The van der Waals surface area contributed by atoms with Crippen molar-refractivity contribution in [1.82, 2.24) is 9.97 Å². The Hall–Kier alpha value is -2.48. The van der Waals surface area contributed by atoms with Gasteiger partial charge in [0.15, 0.2) is 5.15 Å². The van der Waals surface area contributed by atoms with Crippen LogP contribution < -0.4 is 10.5 Å². The molecule has 2 rings (SSSR count). The molecule has 0 atom stereocenters. The average molecular weight is 285 g/mol. The van der Waals surface area contributed by atoms with E-state index in [1.165, 1.54) is 6.07 Å². The fourth-order valence-corrected chi connectivity index (χ4v) is 1.38. The van der Waals surface area contributed by atoms with E-state index in [1.54, 1.807) is 0 Å². The highest BCUT2D eigenvalue weighted by molar-refractivity contribution is 6.32. The Morgan fingerprint density at radius 2 is 2.16 bits per heavy atom. The molecular formula is C10H6ClFN4O3. The lowest BCUT2D eigenvalue weighted by Crippen LogP contribution is -1.98. The van der Waals surface area contributed by atoms with Gasteiger partial charge in [-0.15, -0.1) is 0 Å². The largest absolute Gasteiger partial charge is 0.437 e. The zero-order valence-electron chi connectivity index (χ0n) is 9.21. The molecule has 2 N–H and O–H groups in total. The molecule has 0 aliphatic rings. The van der Waals surface area contributed by atoms with Gasteiger partial charge in [-0.3, -0.25) is 10.1 Å². The Morgan fingerprint density at radius 1 is 1.42 bits per heavy atom. The number of aromatic nitrogens is 2. The molecule has 0 unspecified atom stereocenters. The maximum absolute atomic E-state index is 13.4. The van der Waals surface area contributed by atoms with Gasteiger partial charge >= 0.3 is 5.69 Å². The number of halogens is 2. The highest BCUT2D eigenvalue weighted by atomic mass is 35.5. The minimum absolute atomic E-state index is 0.00423. The Kier molecular flexibility index (Phi) is 3.43. The Bertz CT molecular complexity index is 653. The van der Waals surface area contributed by atoms with Crippen LogP contribution in [0.5, 0.6) is 11.6 Å². The van der Waals surface area contributed by atoms with Crippen molar-refractivity contribution < 1.29 is 14.1 Å². The number of rotatable bonds is 3. The molecule has 0 radical (unpaired) electrons. The van der Waals surface area contributed by atoms with Gasteiger partial charge in [-0.1, -0.05) is 11.6 Å². The normalized spacial score (nSPS) is 10.2. The van der Waals surface area contributed by atoms with Gasteiger partial charge in [0, 0.05) is 12.1 Å². The van der Waals surface area contributed by atoms with E-state index in [-0.39, 0.29) is 22.5 Å². The molecule has 0 aliphatic carbocycles. The van der Waals surface area contributed by atoms with Gasteiger partial charge in [0.25, 0.3) is 0 Å². The second-order valence-corrected chi connectivity index (χ2v) is 3.71. The van der Waals surface area contributed by atoms with E-state index in [0.29, 0.717) is 0 Å². The van der Waals surface area contributed by atoms with E-state index in [1.807, 2.05) is 0 Å². The van der Waals surface area contributed by atoms with Crippen molar-refractivity contribution in [2.24, 2.45) is 0 Å². The van der Waals surface area contributed by atoms with E-state index >= 15 is 0 Å². The molecule has 1 aromatic carbocycles. The highest BCUT2D eigenvalue weighted by Gasteiger charge is 2.16. The van der Waals surface area contributed by atoms with Crippen molar-refractivity contribution in [1.29, 1.82) is 0 Å². The summed E-state index contributed by atoms with van der Waals surface area (Å²) in [5.41, 5.74) is 4.90. The number of hydrogen-bond donors (Lipinski definition) is 1. The maximum atomic E-state index is 13.4. The lowest BCUT2D eigenvalue weighted by molar-refractivity contribution is -0.387. The van der Waals surface area contributed by atoms with E-state index in [0.717, 1.165) is 18.5 Å². The molecule has 0 saturated heterocycles. The minimum Gasteiger partial charge on any atom is -0.437 e. The lowest BCUT2D eigenvalue weighted by Gasteiger charge is -2.07. The summed E-state index contributed by atoms with van der Waals surface area (Å²) in [7, 11) is 0. The first kappa shape index (κ1) is 13.0. The number of anilines is 1. The average Bonchev–Trinajstić information content (AvgIpc) is 2.34. The van der Waals surface area contributed by atoms with Gasteiger partial charge in [0.1, 0.15) is 17.8 Å². The van der Waals surface area contributed by atoms with Gasteiger partial charge in [-0.25, -0.2) is 4.98 Å². The Balaban J connectivity index is 2.32. The summed E-state index contributed by atoms with van der Waals surface area (Å²) in [6.07, 6.45) is 1.12. The third-order valence-corrected chi connectivity index (χ3v) is 2.43. The van der Waals surface area contributed by atoms with Gasteiger partial charge in [-0.2, -0.15) is 9.37 Å². The molecular weight excluding hydrogens is 279 g/mol. The first-order valence-electron chi connectivity index (χ1n) is 4.87. The van der Waals surface area contributed by atoms with Crippen molar-refractivity contribution in [2.75, 3.05) is 5.73 Å². The Morgan fingerprint density at radius 3 is 2.79 bits per heavy atom. The fourth-order valence-electron chi connectivity index (χ4n) is 1.25. The summed E-state index contributed by atoms with van der Waals surface area (Å²) in [4.78, 5) is 17.0.